The van der Waals surface area contributed by atoms with Crippen LogP contribution in [0.1, 0.15) is 25.0 Å². The molecule has 12 heteroatoms. The minimum absolute atomic E-state index is 0.00736. The first-order chi connectivity index (χ1) is 16.2. The lowest BCUT2D eigenvalue weighted by molar-refractivity contribution is -0.385. The molecule has 2 unspecified atom stereocenters. The van der Waals surface area contributed by atoms with E-state index >= 15 is 0 Å². The number of esters is 1. The number of methoxy groups -OCH3 is 1. The highest BCUT2D eigenvalue weighted by molar-refractivity contribution is 5.89. The maximum absolute atomic E-state index is 12.6. The van der Waals surface area contributed by atoms with Crippen molar-refractivity contribution >= 4 is 23.3 Å². The van der Waals surface area contributed by atoms with E-state index in [1.165, 1.54) is 30.1 Å². The minimum atomic E-state index is -2.35. The Morgan fingerprint density at radius 1 is 1.26 bits per heavy atom. The summed E-state index contributed by atoms with van der Waals surface area (Å²) >= 11 is 0. The molecule has 2 atom stereocenters. The lowest BCUT2D eigenvalue weighted by atomic mass is 9.94. The highest BCUT2D eigenvalue weighted by Crippen LogP contribution is 2.35. The SMILES string of the molecule is CCOC(=O)C1(O)N=NN(Cc2ccc(OC)cc2)C1Cc1ccc(NC(C)=O)cc1[N+](=O)[O-]. The molecule has 1 heterocycles. The van der Waals surface area contributed by atoms with Crippen LogP contribution in [-0.2, 0) is 27.3 Å². The number of ether oxygens (including phenoxy) is 2. The second-order valence-corrected chi connectivity index (χ2v) is 7.58. The molecule has 180 valence electrons. The summed E-state index contributed by atoms with van der Waals surface area (Å²) in [5, 5.41) is 34.5. The standard InChI is InChI=1S/C22H25N5O7/c1-4-34-21(29)22(30)20(26(25-24-22)13-15-5-9-18(33-3)10-6-15)11-16-7-8-17(23-14(2)28)12-19(16)27(31)32/h5-10,12,20,30H,4,11,13H2,1-3H3,(H,23,28). The Balaban J connectivity index is 1.95. The lowest BCUT2D eigenvalue weighted by Gasteiger charge is -2.29. The van der Waals surface area contributed by atoms with Gasteiger partial charge >= 0.3 is 5.97 Å². The summed E-state index contributed by atoms with van der Waals surface area (Å²) in [4.78, 5) is 35.1. The van der Waals surface area contributed by atoms with Crippen molar-refractivity contribution in [3.05, 3.63) is 63.7 Å². The van der Waals surface area contributed by atoms with Crippen molar-refractivity contribution in [3.63, 3.8) is 0 Å². The normalized spacial score (nSPS) is 19.1. The first kappa shape index (κ1) is 24.6. The highest BCUT2D eigenvalue weighted by Gasteiger charge is 2.53. The summed E-state index contributed by atoms with van der Waals surface area (Å²) in [6.07, 6.45) is -0.144. The third kappa shape index (κ3) is 5.29. The van der Waals surface area contributed by atoms with E-state index < -0.39 is 22.7 Å². The predicted octanol–water partition coefficient (Wildman–Crippen LogP) is 2.61. The topological polar surface area (TPSA) is 156 Å². The number of nitro benzene ring substituents is 1. The van der Waals surface area contributed by atoms with Gasteiger partial charge < -0.3 is 19.9 Å². The van der Waals surface area contributed by atoms with Crippen LogP contribution in [0.3, 0.4) is 0 Å². The smallest absolute Gasteiger partial charge is 0.365 e. The molecule has 1 aliphatic rings. The zero-order chi connectivity index (χ0) is 24.9. The van der Waals surface area contributed by atoms with E-state index in [4.69, 9.17) is 9.47 Å². The van der Waals surface area contributed by atoms with Gasteiger partial charge in [-0.15, -0.1) is 5.11 Å². The third-order valence-electron chi connectivity index (χ3n) is 5.23. The van der Waals surface area contributed by atoms with Gasteiger partial charge in [0.15, 0.2) is 0 Å². The Hall–Kier alpha value is -4.06. The van der Waals surface area contributed by atoms with Gasteiger partial charge in [0, 0.05) is 30.7 Å². The Kier molecular flexibility index (Phi) is 7.41. The van der Waals surface area contributed by atoms with Crippen molar-refractivity contribution in [1.82, 2.24) is 5.01 Å². The van der Waals surface area contributed by atoms with Crippen LogP contribution in [0.25, 0.3) is 0 Å². The molecule has 0 bridgehead atoms. The number of nitrogens with one attached hydrogen (secondary N) is 1. The fourth-order valence-electron chi connectivity index (χ4n) is 3.58. The zero-order valence-electron chi connectivity index (χ0n) is 18.9. The van der Waals surface area contributed by atoms with Crippen molar-refractivity contribution in [1.29, 1.82) is 0 Å². The van der Waals surface area contributed by atoms with E-state index in [9.17, 15) is 24.8 Å². The van der Waals surface area contributed by atoms with Crippen LogP contribution in [0.2, 0.25) is 0 Å². The largest absolute Gasteiger partial charge is 0.497 e. The van der Waals surface area contributed by atoms with Crippen LogP contribution in [0.15, 0.2) is 52.8 Å². The lowest BCUT2D eigenvalue weighted by Crippen LogP contribution is -2.52. The number of nitrogens with zero attached hydrogens (tertiary/aromatic N) is 4. The third-order valence-corrected chi connectivity index (χ3v) is 5.23. The minimum Gasteiger partial charge on any atom is -0.497 e. The number of hydrogen-bond donors (Lipinski definition) is 2. The summed E-state index contributed by atoms with van der Waals surface area (Å²) in [6, 6.07) is 10.2. The van der Waals surface area contributed by atoms with Crippen LogP contribution in [0, 0.1) is 10.1 Å². The van der Waals surface area contributed by atoms with E-state index in [0.717, 1.165) is 5.56 Å². The molecule has 2 aromatic rings. The van der Waals surface area contributed by atoms with Gasteiger partial charge in [-0.25, -0.2) is 4.79 Å². The van der Waals surface area contributed by atoms with Crippen molar-refractivity contribution in [2.24, 2.45) is 10.3 Å². The van der Waals surface area contributed by atoms with Gasteiger partial charge in [0.1, 0.15) is 11.8 Å². The molecule has 0 aromatic heterocycles. The number of nitro groups is 1. The summed E-state index contributed by atoms with van der Waals surface area (Å²) < 4.78 is 10.2. The number of amides is 1. The average molecular weight is 471 g/mol. The highest BCUT2D eigenvalue weighted by atomic mass is 16.6. The van der Waals surface area contributed by atoms with Crippen molar-refractivity contribution in [2.45, 2.75) is 38.6 Å². The van der Waals surface area contributed by atoms with Crippen molar-refractivity contribution in [2.75, 3.05) is 19.0 Å². The quantitative estimate of drug-likeness (QED) is 0.321. The van der Waals surface area contributed by atoms with Gasteiger partial charge in [0.05, 0.1) is 25.2 Å². The fourth-order valence-corrected chi connectivity index (χ4v) is 3.58. The van der Waals surface area contributed by atoms with E-state index in [-0.39, 0.29) is 42.4 Å². The molecule has 3 rings (SSSR count). The molecule has 12 nitrogen and oxygen atoms in total. The Bertz CT molecular complexity index is 1110. The molecule has 34 heavy (non-hydrogen) atoms. The number of rotatable bonds is 9. The number of carbonyl (C=O) groups excluding carboxylic acids is 2. The van der Waals surface area contributed by atoms with Crippen LogP contribution in [0.4, 0.5) is 11.4 Å². The molecule has 0 saturated heterocycles. The molecule has 2 aromatic carbocycles. The Morgan fingerprint density at radius 2 is 1.97 bits per heavy atom. The molecule has 1 amide bonds. The van der Waals surface area contributed by atoms with Crippen LogP contribution < -0.4 is 10.1 Å². The van der Waals surface area contributed by atoms with Crippen LogP contribution >= 0.6 is 0 Å². The predicted molar refractivity (Wildman–Crippen MR) is 120 cm³/mol. The second kappa shape index (κ2) is 10.3. The van der Waals surface area contributed by atoms with E-state index in [1.807, 2.05) is 0 Å². The van der Waals surface area contributed by atoms with Gasteiger partial charge in [-0.3, -0.25) is 19.9 Å². The number of benzene rings is 2. The molecule has 0 spiro atoms. The van der Waals surface area contributed by atoms with Gasteiger partial charge in [-0.2, -0.15) is 0 Å². The molecular formula is C22H25N5O7. The van der Waals surface area contributed by atoms with Crippen LogP contribution in [0.5, 0.6) is 5.75 Å². The maximum Gasteiger partial charge on any atom is 0.365 e. The molecule has 0 saturated carbocycles. The number of hydrogen-bond acceptors (Lipinski definition) is 10. The summed E-state index contributed by atoms with van der Waals surface area (Å²) in [7, 11) is 1.54. The maximum atomic E-state index is 12.6. The number of aliphatic hydroxyl groups is 1. The van der Waals surface area contributed by atoms with Gasteiger partial charge in [0.2, 0.25) is 5.91 Å². The van der Waals surface area contributed by atoms with Crippen LogP contribution in [-0.4, -0.2) is 52.4 Å². The van der Waals surface area contributed by atoms with E-state index in [1.54, 1.807) is 38.3 Å². The summed E-state index contributed by atoms with van der Waals surface area (Å²) in [5.41, 5.74) is -1.38. The molecule has 0 radical (unpaired) electrons. The monoisotopic (exact) mass is 471 g/mol. The summed E-state index contributed by atoms with van der Waals surface area (Å²) in [6.45, 7) is 3.05. The van der Waals surface area contributed by atoms with Crippen molar-refractivity contribution in [3.8, 4) is 5.75 Å². The molecule has 0 aliphatic carbocycles. The average Bonchev–Trinajstić information content (AvgIpc) is 3.11. The molecule has 2 N–H and O–H groups in total. The second-order valence-electron chi connectivity index (χ2n) is 7.58. The fraction of sp³-hybridized carbons (Fsp3) is 0.364. The van der Waals surface area contributed by atoms with Crippen molar-refractivity contribution < 1.29 is 29.1 Å². The number of carbonyl (C=O) groups is 2. The molecule has 0 fully saturated rings. The summed E-state index contributed by atoms with van der Waals surface area (Å²) in [5.74, 6) is -0.724. The Labute approximate surface area is 195 Å². The van der Waals surface area contributed by atoms with Gasteiger partial charge in [-0.1, -0.05) is 23.4 Å². The van der Waals surface area contributed by atoms with E-state index in [0.29, 0.717) is 5.75 Å². The first-order valence-corrected chi connectivity index (χ1v) is 10.4. The number of anilines is 1. The first-order valence-electron chi connectivity index (χ1n) is 10.4. The molecular weight excluding hydrogens is 446 g/mol. The van der Waals surface area contributed by atoms with Gasteiger partial charge in [0.25, 0.3) is 11.4 Å². The Morgan fingerprint density at radius 3 is 2.56 bits per heavy atom. The van der Waals surface area contributed by atoms with E-state index in [2.05, 4.69) is 15.7 Å². The van der Waals surface area contributed by atoms with Gasteiger partial charge in [-0.05, 0) is 30.7 Å². The molecule has 1 aliphatic heterocycles. The zero-order valence-corrected chi connectivity index (χ0v) is 18.9.